The summed E-state index contributed by atoms with van der Waals surface area (Å²) >= 11 is 6.07. The van der Waals surface area contributed by atoms with Gasteiger partial charge in [-0.2, -0.15) is 5.10 Å². The van der Waals surface area contributed by atoms with Crippen molar-refractivity contribution in [3.8, 4) is 0 Å². The van der Waals surface area contributed by atoms with Crippen LogP contribution in [-0.2, 0) is 10.0 Å². The van der Waals surface area contributed by atoms with Gasteiger partial charge >= 0.3 is 0 Å². The van der Waals surface area contributed by atoms with Crippen LogP contribution in [0.25, 0.3) is 5.65 Å². The van der Waals surface area contributed by atoms with E-state index in [1.165, 1.54) is 23.1 Å². The third-order valence-electron chi connectivity index (χ3n) is 4.92. The summed E-state index contributed by atoms with van der Waals surface area (Å²) in [6, 6.07) is 5.79. The van der Waals surface area contributed by atoms with Gasteiger partial charge in [0.05, 0.1) is 29.2 Å². The van der Waals surface area contributed by atoms with Crippen LogP contribution in [0.3, 0.4) is 0 Å². The van der Waals surface area contributed by atoms with Gasteiger partial charge in [-0.05, 0) is 32.0 Å². The molecule has 4 N–H and O–H groups in total. The second-order valence-electron chi connectivity index (χ2n) is 7.52. The monoisotopic (exact) mass is 479 g/mol. The number of nitrogens with two attached hydrogens (primary N) is 1. The molecule has 10 nitrogen and oxygen atoms in total. The Balaban J connectivity index is 1.91. The molecule has 0 unspecified atom stereocenters. The summed E-state index contributed by atoms with van der Waals surface area (Å²) in [6.07, 6.45) is 2.87. The summed E-state index contributed by atoms with van der Waals surface area (Å²) in [6.45, 7) is 4.83. The quantitative estimate of drug-likeness (QED) is 0.451. The molecule has 3 aromatic rings. The van der Waals surface area contributed by atoms with Crippen molar-refractivity contribution in [2.24, 2.45) is 5.73 Å². The number of anilines is 2. The number of benzene rings is 1. The van der Waals surface area contributed by atoms with E-state index >= 15 is 0 Å². The largest absolute Gasteiger partial charge is 0.368 e. The highest BCUT2D eigenvalue weighted by Gasteiger charge is 2.25. The van der Waals surface area contributed by atoms with E-state index in [0.717, 1.165) is 17.6 Å². The predicted octanol–water partition coefficient (Wildman–Crippen LogP) is 2.27. The van der Waals surface area contributed by atoms with Crippen LogP contribution in [0.2, 0.25) is 5.02 Å². The van der Waals surface area contributed by atoms with Gasteiger partial charge in [-0.15, -0.1) is 0 Å². The second kappa shape index (κ2) is 9.31. The Morgan fingerprint density at radius 1 is 1.34 bits per heavy atom. The average molecular weight is 480 g/mol. The molecular weight excluding hydrogens is 454 g/mol. The lowest BCUT2D eigenvalue weighted by atomic mass is 10.1. The van der Waals surface area contributed by atoms with Crippen LogP contribution in [0.1, 0.15) is 34.6 Å². The molecule has 0 bridgehead atoms. The number of carbonyl (C=O) groups excluding carboxylic acids is 1. The third kappa shape index (κ3) is 5.29. The molecule has 0 saturated carbocycles. The number of aryl methyl sites for hydroxylation is 1. The van der Waals surface area contributed by atoms with Crippen LogP contribution < -0.4 is 15.8 Å². The Kier molecular flexibility index (Phi) is 6.91. The molecular formula is C20H26ClN7O3S. The fourth-order valence-electron chi connectivity index (χ4n) is 3.15. The van der Waals surface area contributed by atoms with Gasteiger partial charge in [-0.3, -0.25) is 9.52 Å². The van der Waals surface area contributed by atoms with Crippen molar-refractivity contribution in [2.75, 3.05) is 36.4 Å². The number of nitrogens with zero attached hydrogens (tertiary/aromatic N) is 4. The van der Waals surface area contributed by atoms with Crippen LogP contribution in [0.4, 0.5) is 11.5 Å². The molecule has 0 radical (unpaired) electrons. The third-order valence-corrected chi connectivity index (χ3v) is 5.75. The van der Waals surface area contributed by atoms with Gasteiger partial charge in [0.25, 0.3) is 5.91 Å². The summed E-state index contributed by atoms with van der Waals surface area (Å²) in [5.74, 6) is 0.319. The maximum Gasteiger partial charge on any atom is 0.256 e. The van der Waals surface area contributed by atoms with Gasteiger partial charge in [0, 0.05) is 43.0 Å². The molecule has 0 aliphatic carbocycles. The molecule has 32 heavy (non-hydrogen) atoms. The normalized spacial score (nSPS) is 12.6. The fourth-order valence-corrected chi connectivity index (χ4v) is 3.90. The van der Waals surface area contributed by atoms with Crippen molar-refractivity contribution in [1.82, 2.24) is 19.5 Å². The minimum absolute atomic E-state index is 0.142. The first-order chi connectivity index (χ1) is 15.0. The van der Waals surface area contributed by atoms with E-state index in [4.69, 9.17) is 17.3 Å². The molecule has 0 spiro atoms. The van der Waals surface area contributed by atoms with Gasteiger partial charge in [0.1, 0.15) is 5.82 Å². The lowest BCUT2D eigenvalue weighted by Crippen LogP contribution is -2.31. The number of hydrogen-bond acceptors (Lipinski definition) is 7. The highest BCUT2D eigenvalue weighted by Crippen LogP contribution is 2.27. The molecule has 2 heterocycles. The van der Waals surface area contributed by atoms with Gasteiger partial charge < -0.3 is 16.0 Å². The predicted molar refractivity (Wildman–Crippen MR) is 126 cm³/mol. The van der Waals surface area contributed by atoms with E-state index in [1.807, 2.05) is 20.0 Å². The summed E-state index contributed by atoms with van der Waals surface area (Å²) in [7, 11) is -1.96. The van der Waals surface area contributed by atoms with E-state index < -0.39 is 22.0 Å². The molecule has 172 valence electrons. The number of hydrogen-bond donors (Lipinski definition) is 3. The van der Waals surface area contributed by atoms with E-state index in [9.17, 15) is 13.2 Å². The number of nitrogens with one attached hydrogen (secondary N) is 2. The smallest absolute Gasteiger partial charge is 0.256 e. The maximum absolute atomic E-state index is 13.2. The Bertz CT molecular complexity index is 1260. The van der Waals surface area contributed by atoms with Crippen LogP contribution >= 0.6 is 11.6 Å². The number of fused-ring (bicyclic) bond motifs is 1. The van der Waals surface area contributed by atoms with Crippen LogP contribution in [0.5, 0.6) is 0 Å². The first-order valence-electron chi connectivity index (χ1n) is 9.85. The topological polar surface area (TPSA) is 135 Å². The number of halogens is 1. The van der Waals surface area contributed by atoms with Gasteiger partial charge in [0.15, 0.2) is 5.65 Å². The zero-order valence-electron chi connectivity index (χ0n) is 18.3. The fraction of sp³-hybridized carbons (Fsp3) is 0.350. The zero-order valence-corrected chi connectivity index (χ0v) is 19.8. The lowest BCUT2D eigenvalue weighted by molar-refractivity contribution is 0.0740. The summed E-state index contributed by atoms with van der Waals surface area (Å²) in [4.78, 5) is 19.3. The zero-order chi connectivity index (χ0) is 23.6. The summed E-state index contributed by atoms with van der Waals surface area (Å²) in [5, 5.41) is 8.06. The van der Waals surface area contributed by atoms with E-state index in [2.05, 4.69) is 20.1 Å². The molecule has 0 saturated heterocycles. The standard InChI is InChI=1S/C20H26ClN7O3S/c1-12-11-28-18(24-19(12)23-8-7-22)10-17(25-28)13(2)27(3)20(29)15-9-14(21)5-6-16(15)26-32(4,30)31/h5-6,9-11,13,26H,7-8,22H2,1-4H3,(H,23,24)/t13-/m0/s1. The van der Waals surface area contributed by atoms with Crippen molar-refractivity contribution in [3.05, 3.63) is 52.3 Å². The molecule has 1 aromatic carbocycles. The van der Waals surface area contributed by atoms with E-state index in [-0.39, 0.29) is 11.3 Å². The minimum Gasteiger partial charge on any atom is -0.368 e. The highest BCUT2D eigenvalue weighted by atomic mass is 35.5. The molecule has 2 aromatic heterocycles. The number of carbonyl (C=O) groups is 1. The van der Waals surface area contributed by atoms with E-state index in [1.54, 1.807) is 17.6 Å². The average Bonchev–Trinajstić information content (AvgIpc) is 3.13. The number of amides is 1. The summed E-state index contributed by atoms with van der Waals surface area (Å²) in [5.41, 5.74) is 8.02. The Hall–Kier alpha value is -2.89. The van der Waals surface area contributed by atoms with Gasteiger partial charge in [0.2, 0.25) is 10.0 Å². The molecule has 0 aliphatic heterocycles. The first kappa shape index (κ1) is 23.8. The molecule has 0 fully saturated rings. The van der Waals surface area contributed by atoms with Crippen molar-refractivity contribution in [2.45, 2.75) is 19.9 Å². The number of sulfonamides is 1. The molecule has 1 atom stereocenters. The summed E-state index contributed by atoms with van der Waals surface area (Å²) < 4.78 is 27.4. The second-order valence-corrected chi connectivity index (χ2v) is 9.70. The minimum atomic E-state index is -3.58. The van der Waals surface area contributed by atoms with Crippen LogP contribution in [0, 0.1) is 6.92 Å². The SMILES string of the molecule is Cc1cn2nc([C@H](C)N(C)C(=O)c3cc(Cl)ccc3NS(C)(=O)=O)cc2nc1NCCN. The number of aromatic nitrogens is 3. The van der Waals surface area contributed by atoms with Gasteiger partial charge in [-0.1, -0.05) is 11.6 Å². The van der Waals surface area contributed by atoms with Crippen LogP contribution in [0.15, 0.2) is 30.5 Å². The Labute approximate surface area is 191 Å². The van der Waals surface area contributed by atoms with Crippen LogP contribution in [-0.4, -0.2) is 60.2 Å². The van der Waals surface area contributed by atoms with Crippen molar-refractivity contribution < 1.29 is 13.2 Å². The van der Waals surface area contributed by atoms with E-state index in [0.29, 0.717) is 29.5 Å². The Morgan fingerprint density at radius 2 is 2.06 bits per heavy atom. The molecule has 3 rings (SSSR count). The number of rotatable bonds is 8. The molecule has 1 amide bonds. The first-order valence-corrected chi connectivity index (χ1v) is 12.1. The van der Waals surface area contributed by atoms with Crippen molar-refractivity contribution >= 4 is 44.7 Å². The highest BCUT2D eigenvalue weighted by molar-refractivity contribution is 7.92. The van der Waals surface area contributed by atoms with Gasteiger partial charge in [-0.25, -0.2) is 17.9 Å². The Morgan fingerprint density at radius 3 is 2.72 bits per heavy atom. The lowest BCUT2D eigenvalue weighted by Gasteiger charge is -2.24. The maximum atomic E-state index is 13.2. The van der Waals surface area contributed by atoms with Crippen molar-refractivity contribution in [1.29, 1.82) is 0 Å². The van der Waals surface area contributed by atoms with Crippen molar-refractivity contribution in [3.63, 3.8) is 0 Å². The molecule has 12 heteroatoms. The molecule has 0 aliphatic rings.